The molecule has 3 rings (SSSR count). The second-order valence-corrected chi connectivity index (χ2v) is 9.81. The van der Waals surface area contributed by atoms with Crippen molar-refractivity contribution < 1.29 is 13.2 Å². The van der Waals surface area contributed by atoms with Gasteiger partial charge in [-0.3, -0.25) is 9.10 Å². The number of aryl methyl sites for hydroxylation is 3. The van der Waals surface area contributed by atoms with Crippen LogP contribution in [0.2, 0.25) is 0 Å². The van der Waals surface area contributed by atoms with E-state index in [1.807, 2.05) is 19.9 Å². The zero-order chi connectivity index (χ0) is 23.5. The number of anilines is 1. The fourth-order valence-corrected chi connectivity index (χ4v) is 4.59. The third-order valence-electron chi connectivity index (χ3n) is 5.06. The molecule has 7 nitrogen and oxygen atoms in total. The highest BCUT2D eigenvalue weighted by atomic mass is 32.2. The number of carbonyl (C=O) groups is 1. The molecule has 0 fully saturated rings. The first kappa shape index (κ1) is 23.3. The van der Waals surface area contributed by atoms with Crippen LogP contribution in [-0.4, -0.2) is 37.9 Å². The number of amides is 1. The van der Waals surface area contributed by atoms with E-state index in [1.54, 1.807) is 36.5 Å². The number of hydrazone groups is 1. The van der Waals surface area contributed by atoms with Crippen molar-refractivity contribution in [2.24, 2.45) is 5.10 Å². The van der Waals surface area contributed by atoms with E-state index < -0.39 is 15.9 Å². The molecule has 1 amide bonds. The Morgan fingerprint density at radius 2 is 1.66 bits per heavy atom. The maximum Gasteiger partial charge on any atom is 0.260 e. The minimum Gasteiger partial charge on any atom is -0.318 e. The van der Waals surface area contributed by atoms with Gasteiger partial charge in [0.2, 0.25) is 10.0 Å². The van der Waals surface area contributed by atoms with Crippen LogP contribution in [0.3, 0.4) is 0 Å². The van der Waals surface area contributed by atoms with E-state index in [0.717, 1.165) is 33.2 Å². The summed E-state index contributed by atoms with van der Waals surface area (Å²) in [6.45, 7) is 7.79. The number of hydrogen-bond acceptors (Lipinski definition) is 4. The monoisotopic (exact) mass is 452 g/mol. The molecule has 2 aromatic carbocycles. The van der Waals surface area contributed by atoms with E-state index >= 15 is 0 Å². The van der Waals surface area contributed by atoms with Crippen molar-refractivity contribution >= 4 is 27.8 Å². The lowest BCUT2D eigenvalue weighted by Crippen LogP contribution is -2.38. The number of aromatic nitrogens is 1. The van der Waals surface area contributed by atoms with Gasteiger partial charge in [0, 0.05) is 22.6 Å². The van der Waals surface area contributed by atoms with Gasteiger partial charge in [0.15, 0.2) is 0 Å². The summed E-state index contributed by atoms with van der Waals surface area (Å²) in [5.74, 6) is -0.529. The first-order valence-corrected chi connectivity index (χ1v) is 12.0. The maximum atomic E-state index is 12.4. The molecule has 0 unspecified atom stereocenters. The molecule has 0 aliphatic heterocycles. The number of rotatable bonds is 7. The molecule has 168 valence electrons. The van der Waals surface area contributed by atoms with E-state index in [2.05, 4.69) is 47.1 Å². The third kappa shape index (κ3) is 5.45. The van der Waals surface area contributed by atoms with Crippen molar-refractivity contribution in [3.05, 3.63) is 82.7 Å². The Kier molecular flexibility index (Phi) is 6.84. The van der Waals surface area contributed by atoms with Gasteiger partial charge in [0.05, 0.1) is 18.2 Å². The molecular formula is C24H28N4O3S. The maximum absolute atomic E-state index is 12.4. The van der Waals surface area contributed by atoms with Crippen LogP contribution in [-0.2, 0) is 14.8 Å². The standard InChI is InChI=1S/C24H28N4O3S/c1-17-11-18(2)13-23(12-17)28-19(3)14-21(20(28)4)15-25-26-24(29)16-27(32(5,30)31)22-9-7-6-8-10-22/h6-15H,16H2,1-5H3,(H,26,29)/b25-15+. The van der Waals surface area contributed by atoms with Gasteiger partial charge in [-0.1, -0.05) is 24.3 Å². The zero-order valence-corrected chi connectivity index (χ0v) is 19.8. The molecule has 0 atom stereocenters. The molecule has 8 heteroatoms. The molecule has 32 heavy (non-hydrogen) atoms. The molecule has 1 heterocycles. The molecule has 0 aliphatic carbocycles. The van der Waals surface area contributed by atoms with Crippen molar-refractivity contribution in [1.82, 2.24) is 9.99 Å². The topological polar surface area (TPSA) is 83.8 Å². The average Bonchev–Trinajstić information content (AvgIpc) is 2.98. The summed E-state index contributed by atoms with van der Waals surface area (Å²) in [6.07, 6.45) is 2.64. The smallest absolute Gasteiger partial charge is 0.260 e. The Morgan fingerprint density at radius 3 is 2.25 bits per heavy atom. The summed E-state index contributed by atoms with van der Waals surface area (Å²) in [7, 11) is -3.62. The van der Waals surface area contributed by atoms with Gasteiger partial charge >= 0.3 is 0 Å². The van der Waals surface area contributed by atoms with Crippen LogP contribution in [0.15, 0.2) is 59.7 Å². The Morgan fingerprint density at radius 1 is 1.03 bits per heavy atom. The van der Waals surface area contributed by atoms with Crippen LogP contribution >= 0.6 is 0 Å². The van der Waals surface area contributed by atoms with Gasteiger partial charge in [0.25, 0.3) is 5.91 Å². The van der Waals surface area contributed by atoms with Crippen molar-refractivity contribution in [3.63, 3.8) is 0 Å². The predicted octanol–water partition coefficient (Wildman–Crippen LogP) is 3.63. The summed E-state index contributed by atoms with van der Waals surface area (Å²) < 4.78 is 27.5. The van der Waals surface area contributed by atoms with E-state index in [-0.39, 0.29) is 6.54 Å². The highest BCUT2D eigenvalue weighted by molar-refractivity contribution is 7.92. The highest BCUT2D eigenvalue weighted by Gasteiger charge is 2.20. The Balaban J connectivity index is 1.75. The van der Waals surface area contributed by atoms with Crippen molar-refractivity contribution in [2.45, 2.75) is 27.7 Å². The lowest BCUT2D eigenvalue weighted by molar-refractivity contribution is -0.119. The number of sulfonamides is 1. The van der Waals surface area contributed by atoms with Crippen molar-refractivity contribution in [2.75, 3.05) is 17.1 Å². The lowest BCUT2D eigenvalue weighted by atomic mass is 10.1. The third-order valence-corrected chi connectivity index (χ3v) is 6.20. The van der Waals surface area contributed by atoms with Crippen LogP contribution in [0.25, 0.3) is 5.69 Å². The van der Waals surface area contributed by atoms with Crippen LogP contribution in [0, 0.1) is 27.7 Å². The zero-order valence-electron chi connectivity index (χ0n) is 19.0. The molecule has 0 radical (unpaired) electrons. The lowest BCUT2D eigenvalue weighted by Gasteiger charge is -2.21. The molecule has 3 aromatic rings. The summed E-state index contributed by atoms with van der Waals surface area (Å²) in [6, 6.07) is 16.9. The van der Waals surface area contributed by atoms with E-state index in [9.17, 15) is 13.2 Å². The number of nitrogens with zero attached hydrogens (tertiary/aromatic N) is 3. The van der Waals surface area contributed by atoms with Crippen LogP contribution in [0.4, 0.5) is 5.69 Å². The molecule has 0 aliphatic rings. The fourth-order valence-electron chi connectivity index (χ4n) is 3.73. The van der Waals surface area contributed by atoms with E-state index in [4.69, 9.17) is 0 Å². The molecule has 0 spiro atoms. The summed E-state index contributed by atoms with van der Waals surface area (Å²) in [5.41, 5.74) is 9.21. The summed E-state index contributed by atoms with van der Waals surface area (Å²) in [5, 5.41) is 4.06. The highest BCUT2D eigenvalue weighted by Crippen LogP contribution is 2.22. The summed E-state index contributed by atoms with van der Waals surface area (Å²) >= 11 is 0. The molecular weight excluding hydrogens is 424 g/mol. The molecule has 0 saturated carbocycles. The van der Waals surface area contributed by atoms with Crippen molar-refractivity contribution in [3.8, 4) is 5.69 Å². The normalized spacial score (nSPS) is 11.7. The minimum absolute atomic E-state index is 0.359. The molecule has 0 saturated heterocycles. The van der Waals surface area contributed by atoms with Gasteiger partial charge in [-0.15, -0.1) is 0 Å². The molecule has 1 aromatic heterocycles. The van der Waals surface area contributed by atoms with Gasteiger partial charge in [-0.05, 0) is 69.2 Å². The number of nitrogens with one attached hydrogen (secondary N) is 1. The van der Waals surface area contributed by atoms with Crippen LogP contribution in [0.5, 0.6) is 0 Å². The number of carbonyl (C=O) groups excluding carboxylic acids is 1. The van der Waals surface area contributed by atoms with Gasteiger partial charge < -0.3 is 4.57 Å². The largest absolute Gasteiger partial charge is 0.318 e. The van der Waals surface area contributed by atoms with Gasteiger partial charge in [-0.2, -0.15) is 5.10 Å². The Labute approximate surface area is 189 Å². The second kappa shape index (κ2) is 9.40. The first-order chi connectivity index (χ1) is 15.1. The summed E-state index contributed by atoms with van der Waals surface area (Å²) in [4.78, 5) is 12.4. The van der Waals surface area contributed by atoms with Crippen LogP contribution in [0.1, 0.15) is 28.1 Å². The number of hydrogen-bond donors (Lipinski definition) is 1. The number of para-hydroxylation sites is 1. The van der Waals surface area contributed by atoms with E-state index in [0.29, 0.717) is 5.69 Å². The quantitative estimate of drug-likeness (QED) is 0.439. The second-order valence-electron chi connectivity index (χ2n) is 7.91. The SMILES string of the molecule is Cc1cc(C)cc(-n2c(C)cc(/C=N/NC(=O)CN(c3ccccc3)S(C)(=O)=O)c2C)c1. The van der Waals surface area contributed by atoms with E-state index in [1.165, 1.54) is 11.1 Å². The predicted molar refractivity (Wildman–Crippen MR) is 129 cm³/mol. The average molecular weight is 453 g/mol. The van der Waals surface area contributed by atoms with Crippen LogP contribution < -0.4 is 9.73 Å². The minimum atomic E-state index is -3.62. The Hall–Kier alpha value is -3.39. The van der Waals surface area contributed by atoms with Crippen molar-refractivity contribution in [1.29, 1.82) is 0 Å². The molecule has 1 N–H and O–H groups in total. The fraction of sp³-hybridized carbons (Fsp3) is 0.250. The Bertz CT molecular complexity index is 1240. The number of benzene rings is 2. The van der Waals surface area contributed by atoms with Gasteiger partial charge in [0.1, 0.15) is 6.54 Å². The first-order valence-electron chi connectivity index (χ1n) is 10.2. The van der Waals surface area contributed by atoms with Gasteiger partial charge in [-0.25, -0.2) is 13.8 Å². The molecule has 0 bridgehead atoms.